The summed E-state index contributed by atoms with van der Waals surface area (Å²) < 4.78 is 1.46. The van der Waals surface area contributed by atoms with E-state index in [9.17, 15) is 9.90 Å². The van der Waals surface area contributed by atoms with Gasteiger partial charge in [-0.1, -0.05) is 19.3 Å². The molecule has 0 aliphatic heterocycles. The maximum Gasteiger partial charge on any atom is 0.329 e. The number of anilines is 1. The molecule has 0 spiro atoms. The summed E-state index contributed by atoms with van der Waals surface area (Å²) >= 11 is 0. The fraction of sp³-hybridized carbons (Fsp3) is 0.545. The van der Waals surface area contributed by atoms with Crippen LogP contribution in [0.2, 0.25) is 0 Å². The van der Waals surface area contributed by atoms with Gasteiger partial charge in [-0.25, -0.2) is 4.79 Å². The van der Waals surface area contributed by atoms with Crippen LogP contribution in [0, 0.1) is 0 Å². The number of carboxylic acids is 1. The van der Waals surface area contributed by atoms with Crippen LogP contribution >= 0.6 is 0 Å². The third-order valence-corrected chi connectivity index (χ3v) is 3.59. The summed E-state index contributed by atoms with van der Waals surface area (Å²) in [7, 11) is 0. The second-order valence-electron chi connectivity index (χ2n) is 4.81. The second kappa shape index (κ2) is 4.45. The standard InChI is InChI=1S/C11H14N6O2/c18-10(19)11(4-2-1-3-5-11)13-8-6-12-7-9-14-15-16-17(8)9/h6-7,13H,1-5H2,(H,18,19). The Bertz CT molecular complexity index is 604. The lowest BCUT2D eigenvalue weighted by atomic mass is 9.81. The molecule has 0 unspecified atom stereocenters. The first kappa shape index (κ1) is 11.8. The van der Waals surface area contributed by atoms with Gasteiger partial charge in [0.1, 0.15) is 5.54 Å². The lowest BCUT2D eigenvalue weighted by Crippen LogP contribution is -2.48. The van der Waals surface area contributed by atoms with Crippen molar-refractivity contribution in [2.24, 2.45) is 0 Å². The quantitative estimate of drug-likeness (QED) is 0.839. The molecule has 0 bridgehead atoms. The van der Waals surface area contributed by atoms with Gasteiger partial charge in [0.15, 0.2) is 11.5 Å². The van der Waals surface area contributed by atoms with Crippen molar-refractivity contribution >= 4 is 17.4 Å². The third kappa shape index (κ3) is 1.98. The van der Waals surface area contributed by atoms with Crippen LogP contribution in [0.25, 0.3) is 5.65 Å². The van der Waals surface area contributed by atoms with Crippen LogP contribution in [-0.4, -0.2) is 41.6 Å². The van der Waals surface area contributed by atoms with Crippen LogP contribution in [0.3, 0.4) is 0 Å². The molecule has 100 valence electrons. The van der Waals surface area contributed by atoms with Gasteiger partial charge in [0.25, 0.3) is 0 Å². The van der Waals surface area contributed by atoms with Crippen molar-refractivity contribution < 1.29 is 9.90 Å². The summed E-state index contributed by atoms with van der Waals surface area (Å²) in [6.45, 7) is 0. The summed E-state index contributed by atoms with van der Waals surface area (Å²) in [5.41, 5.74) is -0.457. The maximum absolute atomic E-state index is 11.6. The van der Waals surface area contributed by atoms with Gasteiger partial charge in [0, 0.05) is 0 Å². The highest BCUT2D eigenvalue weighted by atomic mass is 16.4. The Balaban J connectivity index is 1.98. The normalized spacial score (nSPS) is 18.3. The van der Waals surface area contributed by atoms with Crippen LogP contribution in [0.1, 0.15) is 32.1 Å². The minimum atomic E-state index is -0.944. The number of carboxylic acid groups (broad SMARTS) is 1. The number of tetrazole rings is 1. The minimum Gasteiger partial charge on any atom is -0.480 e. The van der Waals surface area contributed by atoms with E-state index in [1.807, 2.05) is 0 Å². The van der Waals surface area contributed by atoms with Crippen molar-refractivity contribution in [1.29, 1.82) is 0 Å². The highest BCUT2D eigenvalue weighted by molar-refractivity contribution is 5.82. The van der Waals surface area contributed by atoms with Crippen molar-refractivity contribution in [3.05, 3.63) is 12.4 Å². The molecular weight excluding hydrogens is 248 g/mol. The number of carbonyl (C=O) groups is 1. The van der Waals surface area contributed by atoms with Crippen LogP contribution in [0.5, 0.6) is 0 Å². The molecule has 1 saturated carbocycles. The summed E-state index contributed by atoms with van der Waals surface area (Å²) in [6.07, 6.45) is 7.14. The summed E-state index contributed by atoms with van der Waals surface area (Å²) in [6, 6.07) is 0. The Morgan fingerprint density at radius 2 is 2.11 bits per heavy atom. The summed E-state index contributed by atoms with van der Waals surface area (Å²) in [4.78, 5) is 15.6. The van der Waals surface area contributed by atoms with E-state index in [0.717, 1.165) is 19.3 Å². The average Bonchev–Trinajstić information content (AvgIpc) is 2.89. The number of aliphatic carboxylic acids is 1. The van der Waals surface area contributed by atoms with Crippen LogP contribution in [-0.2, 0) is 4.79 Å². The van der Waals surface area contributed by atoms with Crippen LogP contribution in [0.4, 0.5) is 5.82 Å². The average molecular weight is 262 g/mol. The van der Waals surface area contributed by atoms with Crippen molar-refractivity contribution in [2.45, 2.75) is 37.6 Å². The smallest absolute Gasteiger partial charge is 0.329 e. The van der Waals surface area contributed by atoms with Crippen molar-refractivity contribution in [1.82, 2.24) is 25.0 Å². The SMILES string of the molecule is O=C(O)C1(Nc2cncc3nnnn23)CCCCC1. The molecule has 2 aromatic rings. The number of nitrogens with one attached hydrogen (secondary N) is 1. The molecule has 0 atom stereocenters. The zero-order chi connectivity index (χ0) is 13.3. The van der Waals surface area contributed by atoms with Crippen molar-refractivity contribution in [3.63, 3.8) is 0 Å². The van der Waals surface area contributed by atoms with Crippen LogP contribution in [0.15, 0.2) is 12.4 Å². The van der Waals surface area contributed by atoms with E-state index < -0.39 is 11.5 Å². The van der Waals surface area contributed by atoms with Crippen molar-refractivity contribution in [3.8, 4) is 0 Å². The molecule has 0 saturated heterocycles. The molecule has 1 aliphatic carbocycles. The maximum atomic E-state index is 11.6. The lowest BCUT2D eigenvalue weighted by Gasteiger charge is -2.34. The highest BCUT2D eigenvalue weighted by Gasteiger charge is 2.40. The van der Waals surface area contributed by atoms with Crippen molar-refractivity contribution in [2.75, 3.05) is 5.32 Å². The van der Waals surface area contributed by atoms with E-state index in [-0.39, 0.29) is 0 Å². The van der Waals surface area contributed by atoms with Gasteiger partial charge >= 0.3 is 5.97 Å². The molecular formula is C11H14N6O2. The molecule has 2 aromatic heterocycles. The minimum absolute atomic E-state index is 0.487. The number of aromatic nitrogens is 5. The summed E-state index contributed by atoms with van der Waals surface area (Å²) in [5.74, 6) is -0.330. The van der Waals surface area contributed by atoms with Gasteiger partial charge < -0.3 is 10.4 Å². The van der Waals surface area contributed by atoms with Gasteiger partial charge in [-0.3, -0.25) is 4.98 Å². The Morgan fingerprint density at radius 3 is 2.84 bits per heavy atom. The molecule has 8 heteroatoms. The van der Waals surface area contributed by atoms with Gasteiger partial charge in [-0.15, -0.1) is 5.10 Å². The summed E-state index contributed by atoms with van der Waals surface area (Å²) in [5, 5.41) is 23.8. The number of fused-ring (bicyclic) bond motifs is 1. The van der Waals surface area contributed by atoms with Gasteiger partial charge in [0.05, 0.1) is 12.4 Å². The molecule has 2 N–H and O–H groups in total. The van der Waals surface area contributed by atoms with E-state index in [1.54, 1.807) is 6.20 Å². The first-order valence-corrected chi connectivity index (χ1v) is 6.25. The second-order valence-corrected chi connectivity index (χ2v) is 4.81. The lowest BCUT2D eigenvalue weighted by molar-refractivity contribution is -0.143. The predicted octanol–water partition coefficient (Wildman–Crippen LogP) is 0.719. The monoisotopic (exact) mass is 262 g/mol. The van der Waals surface area contributed by atoms with E-state index in [4.69, 9.17) is 0 Å². The first-order chi connectivity index (χ1) is 9.21. The fourth-order valence-electron chi connectivity index (χ4n) is 2.55. The Kier molecular flexibility index (Phi) is 2.77. The predicted molar refractivity (Wildman–Crippen MR) is 65.7 cm³/mol. The third-order valence-electron chi connectivity index (χ3n) is 3.59. The zero-order valence-corrected chi connectivity index (χ0v) is 10.3. The number of hydrogen-bond donors (Lipinski definition) is 2. The first-order valence-electron chi connectivity index (χ1n) is 6.25. The molecule has 3 rings (SSSR count). The Hall–Kier alpha value is -2.25. The molecule has 1 fully saturated rings. The number of rotatable bonds is 3. The molecule has 8 nitrogen and oxygen atoms in total. The largest absolute Gasteiger partial charge is 0.480 e. The molecule has 19 heavy (non-hydrogen) atoms. The Morgan fingerprint density at radius 1 is 1.32 bits per heavy atom. The molecule has 2 heterocycles. The molecule has 0 amide bonds. The van der Waals surface area contributed by atoms with Gasteiger partial charge in [-0.2, -0.15) is 4.52 Å². The molecule has 0 aromatic carbocycles. The fourth-order valence-corrected chi connectivity index (χ4v) is 2.55. The van der Waals surface area contributed by atoms with E-state index in [2.05, 4.69) is 25.8 Å². The Labute approximate surface area is 108 Å². The zero-order valence-electron chi connectivity index (χ0n) is 10.3. The topological polar surface area (TPSA) is 105 Å². The van der Waals surface area contributed by atoms with Gasteiger partial charge in [0.2, 0.25) is 0 Å². The van der Waals surface area contributed by atoms with E-state index >= 15 is 0 Å². The number of nitrogens with zero attached hydrogens (tertiary/aromatic N) is 5. The molecule has 1 aliphatic rings. The highest BCUT2D eigenvalue weighted by Crippen LogP contribution is 2.31. The number of hydrogen-bond acceptors (Lipinski definition) is 6. The van der Waals surface area contributed by atoms with E-state index in [1.165, 1.54) is 10.7 Å². The molecule has 0 radical (unpaired) electrons. The van der Waals surface area contributed by atoms with E-state index in [0.29, 0.717) is 24.3 Å². The van der Waals surface area contributed by atoms with Gasteiger partial charge in [-0.05, 0) is 23.3 Å². The van der Waals surface area contributed by atoms with Crippen LogP contribution < -0.4 is 5.32 Å².